The van der Waals surface area contributed by atoms with Crippen molar-refractivity contribution in [2.75, 3.05) is 17.3 Å². The van der Waals surface area contributed by atoms with Gasteiger partial charge in [-0.3, -0.25) is 0 Å². The maximum atomic E-state index is 4.65. The number of aryl methyl sites for hydroxylation is 2. The van der Waals surface area contributed by atoms with Crippen LogP contribution in [0.4, 0.5) is 23.1 Å². The van der Waals surface area contributed by atoms with Crippen molar-refractivity contribution < 1.29 is 0 Å². The van der Waals surface area contributed by atoms with Crippen LogP contribution in [0, 0.1) is 13.8 Å². The lowest BCUT2D eigenvalue weighted by atomic mass is 10.2. The summed E-state index contributed by atoms with van der Waals surface area (Å²) in [5.74, 6) is 1.47. The molecular formula is C19H20N4. The smallest absolute Gasteiger partial charge is 0.229 e. The molecule has 3 rings (SSSR count). The predicted molar refractivity (Wildman–Crippen MR) is 95.7 cm³/mol. The molecule has 0 saturated carbocycles. The monoisotopic (exact) mass is 304 g/mol. The molecule has 1 heterocycles. The predicted octanol–water partition coefficient (Wildman–Crippen LogP) is 4.60. The lowest BCUT2D eigenvalue weighted by molar-refractivity contribution is 1.05. The minimum Gasteiger partial charge on any atom is -0.329 e. The summed E-state index contributed by atoms with van der Waals surface area (Å²) in [6.07, 6.45) is 0. The molecule has 0 saturated heterocycles. The molecule has 4 nitrogen and oxygen atoms in total. The Labute approximate surface area is 136 Å². The molecule has 0 atom stereocenters. The van der Waals surface area contributed by atoms with E-state index in [1.165, 1.54) is 0 Å². The Balaban J connectivity index is 1.92. The zero-order valence-corrected chi connectivity index (χ0v) is 13.6. The van der Waals surface area contributed by atoms with Crippen molar-refractivity contribution in [1.29, 1.82) is 0 Å². The van der Waals surface area contributed by atoms with Crippen LogP contribution in [0.25, 0.3) is 0 Å². The van der Waals surface area contributed by atoms with Crippen LogP contribution in [0.2, 0.25) is 0 Å². The molecule has 0 fully saturated rings. The number of aromatic nitrogens is 2. The molecule has 0 spiro atoms. The average molecular weight is 304 g/mol. The highest BCUT2D eigenvalue weighted by Gasteiger charge is 2.09. The van der Waals surface area contributed by atoms with E-state index in [1.807, 2.05) is 56.4 Å². The second kappa shape index (κ2) is 6.48. The molecule has 0 aliphatic rings. The summed E-state index contributed by atoms with van der Waals surface area (Å²) in [6, 6.07) is 20.3. The minimum atomic E-state index is 0.608. The van der Waals surface area contributed by atoms with Crippen molar-refractivity contribution in [3.63, 3.8) is 0 Å². The standard InChI is InChI=1S/C19H20N4/c1-14-9-7-8-12-17(14)21-19-20-15(2)13-18(22-19)23(3)16-10-5-4-6-11-16/h4-13H,1-3H3,(H,20,21,22). The third-order valence-corrected chi connectivity index (χ3v) is 3.72. The summed E-state index contributed by atoms with van der Waals surface area (Å²) in [6.45, 7) is 4.04. The van der Waals surface area contributed by atoms with Crippen LogP contribution in [-0.4, -0.2) is 17.0 Å². The molecule has 3 aromatic rings. The van der Waals surface area contributed by atoms with E-state index >= 15 is 0 Å². The average Bonchev–Trinajstić information content (AvgIpc) is 2.56. The fourth-order valence-corrected chi connectivity index (χ4v) is 2.40. The first-order valence-electron chi connectivity index (χ1n) is 7.60. The van der Waals surface area contributed by atoms with Gasteiger partial charge in [-0.25, -0.2) is 4.98 Å². The third kappa shape index (κ3) is 3.48. The van der Waals surface area contributed by atoms with Gasteiger partial charge in [0, 0.05) is 30.2 Å². The quantitative estimate of drug-likeness (QED) is 0.764. The molecule has 0 aliphatic heterocycles. The van der Waals surface area contributed by atoms with Crippen molar-refractivity contribution in [3.8, 4) is 0 Å². The van der Waals surface area contributed by atoms with Crippen molar-refractivity contribution in [2.45, 2.75) is 13.8 Å². The van der Waals surface area contributed by atoms with Gasteiger partial charge in [-0.1, -0.05) is 36.4 Å². The summed E-state index contributed by atoms with van der Waals surface area (Å²) in [5.41, 5.74) is 4.20. The van der Waals surface area contributed by atoms with E-state index in [9.17, 15) is 0 Å². The summed E-state index contributed by atoms with van der Waals surface area (Å²) in [7, 11) is 2.01. The number of nitrogens with zero attached hydrogens (tertiary/aromatic N) is 3. The number of anilines is 4. The number of hydrogen-bond donors (Lipinski definition) is 1. The number of para-hydroxylation sites is 2. The molecule has 0 aliphatic carbocycles. The Bertz CT molecular complexity index is 799. The molecule has 116 valence electrons. The van der Waals surface area contributed by atoms with Gasteiger partial charge in [0.2, 0.25) is 5.95 Å². The number of nitrogens with one attached hydrogen (secondary N) is 1. The van der Waals surface area contributed by atoms with Crippen molar-refractivity contribution in [2.24, 2.45) is 0 Å². The van der Waals surface area contributed by atoms with E-state index in [1.54, 1.807) is 0 Å². The van der Waals surface area contributed by atoms with E-state index in [0.717, 1.165) is 28.5 Å². The molecule has 0 bridgehead atoms. The van der Waals surface area contributed by atoms with Gasteiger partial charge in [-0.05, 0) is 37.6 Å². The number of rotatable bonds is 4. The van der Waals surface area contributed by atoms with Crippen LogP contribution in [0.5, 0.6) is 0 Å². The Morgan fingerprint density at radius 2 is 1.57 bits per heavy atom. The Morgan fingerprint density at radius 1 is 0.870 bits per heavy atom. The largest absolute Gasteiger partial charge is 0.329 e. The normalized spacial score (nSPS) is 10.4. The SMILES string of the molecule is Cc1cc(N(C)c2ccccc2)nc(Nc2ccccc2C)n1. The fraction of sp³-hybridized carbons (Fsp3) is 0.158. The van der Waals surface area contributed by atoms with Gasteiger partial charge < -0.3 is 10.2 Å². The highest BCUT2D eigenvalue weighted by Crippen LogP contribution is 2.24. The van der Waals surface area contributed by atoms with Gasteiger partial charge in [-0.15, -0.1) is 0 Å². The van der Waals surface area contributed by atoms with Crippen molar-refractivity contribution >= 4 is 23.1 Å². The minimum absolute atomic E-state index is 0.608. The summed E-state index contributed by atoms with van der Waals surface area (Å²) in [5, 5.41) is 3.31. The first-order valence-corrected chi connectivity index (χ1v) is 7.60. The van der Waals surface area contributed by atoms with Crippen LogP contribution in [0.15, 0.2) is 60.7 Å². The molecular weight excluding hydrogens is 284 g/mol. The summed E-state index contributed by atoms with van der Waals surface area (Å²) >= 11 is 0. The summed E-state index contributed by atoms with van der Waals surface area (Å²) < 4.78 is 0. The second-order valence-electron chi connectivity index (χ2n) is 5.53. The van der Waals surface area contributed by atoms with E-state index in [0.29, 0.717) is 5.95 Å². The molecule has 2 aromatic carbocycles. The van der Waals surface area contributed by atoms with Crippen LogP contribution in [0.3, 0.4) is 0 Å². The van der Waals surface area contributed by atoms with Gasteiger partial charge >= 0.3 is 0 Å². The first kappa shape index (κ1) is 15.0. The molecule has 0 amide bonds. The third-order valence-electron chi connectivity index (χ3n) is 3.72. The fourth-order valence-electron chi connectivity index (χ4n) is 2.40. The number of benzene rings is 2. The van der Waals surface area contributed by atoms with Crippen molar-refractivity contribution in [1.82, 2.24) is 9.97 Å². The number of hydrogen-bond acceptors (Lipinski definition) is 4. The molecule has 23 heavy (non-hydrogen) atoms. The molecule has 0 unspecified atom stereocenters. The highest BCUT2D eigenvalue weighted by atomic mass is 15.2. The Hall–Kier alpha value is -2.88. The van der Waals surface area contributed by atoms with Crippen LogP contribution >= 0.6 is 0 Å². The molecule has 1 N–H and O–H groups in total. The van der Waals surface area contributed by atoms with Crippen LogP contribution in [-0.2, 0) is 0 Å². The van der Waals surface area contributed by atoms with Crippen molar-refractivity contribution in [3.05, 3.63) is 71.9 Å². The van der Waals surface area contributed by atoms with Gasteiger partial charge in [0.25, 0.3) is 0 Å². The van der Waals surface area contributed by atoms with Gasteiger partial charge in [0.05, 0.1) is 0 Å². The second-order valence-corrected chi connectivity index (χ2v) is 5.53. The Morgan fingerprint density at radius 3 is 2.30 bits per heavy atom. The van der Waals surface area contributed by atoms with E-state index in [-0.39, 0.29) is 0 Å². The molecule has 1 aromatic heterocycles. The van der Waals surface area contributed by atoms with Gasteiger partial charge in [0.1, 0.15) is 5.82 Å². The first-order chi connectivity index (χ1) is 11.1. The topological polar surface area (TPSA) is 41.1 Å². The zero-order valence-electron chi connectivity index (χ0n) is 13.6. The van der Waals surface area contributed by atoms with Crippen LogP contribution in [0.1, 0.15) is 11.3 Å². The lowest BCUT2D eigenvalue weighted by Gasteiger charge is -2.19. The molecule has 0 radical (unpaired) electrons. The van der Waals surface area contributed by atoms with Gasteiger partial charge in [0.15, 0.2) is 0 Å². The zero-order chi connectivity index (χ0) is 16.2. The van der Waals surface area contributed by atoms with E-state index < -0.39 is 0 Å². The van der Waals surface area contributed by atoms with E-state index in [4.69, 9.17) is 0 Å². The summed E-state index contributed by atoms with van der Waals surface area (Å²) in [4.78, 5) is 11.2. The highest BCUT2D eigenvalue weighted by molar-refractivity contribution is 5.63. The maximum absolute atomic E-state index is 4.65. The maximum Gasteiger partial charge on any atom is 0.229 e. The van der Waals surface area contributed by atoms with E-state index in [2.05, 4.69) is 45.3 Å². The lowest BCUT2D eigenvalue weighted by Crippen LogP contribution is -2.13. The van der Waals surface area contributed by atoms with Gasteiger partial charge in [-0.2, -0.15) is 4.98 Å². The van der Waals surface area contributed by atoms with Crippen LogP contribution < -0.4 is 10.2 Å². The Kier molecular flexibility index (Phi) is 4.24. The molecule has 4 heteroatoms.